The molecular formula is C53H45NO. The van der Waals surface area contributed by atoms with Crippen LogP contribution in [0.3, 0.4) is 0 Å². The molecule has 0 bridgehead atoms. The van der Waals surface area contributed by atoms with Crippen molar-refractivity contribution in [3.8, 4) is 22.3 Å². The van der Waals surface area contributed by atoms with Crippen LogP contribution in [0, 0.1) is 11.8 Å². The number of furan rings is 1. The molecule has 2 heteroatoms. The molecule has 0 spiro atoms. The first-order valence-corrected chi connectivity index (χ1v) is 19.8. The summed E-state index contributed by atoms with van der Waals surface area (Å²) in [7, 11) is 0. The number of nitrogens with zero attached hydrogens (tertiary/aromatic N) is 1. The number of rotatable bonds is 6. The first-order valence-electron chi connectivity index (χ1n) is 19.8. The minimum absolute atomic E-state index is 0.0678. The summed E-state index contributed by atoms with van der Waals surface area (Å²) >= 11 is 0. The van der Waals surface area contributed by atoms with Crippen LogP contribution in [0.5, 0.6) is 0 Å². The number of para-hydroxylation sites is 1. The minimum Gasteiger partial charge on any atom is -0.455 e. The molecule has 3 atom stereocenters. The summed E-state index contributed by atoms with van der Waals surface area (Å²) in [5.74, 6) is 0.747. The van der Waals surface area contributed by atoms with Crippen molar-refractivity contribution in [2.45, 2.75) is 45.4 Å². The molecule has 0 fully saturated rings. The highest BCUT2D eigenvalue weighted by Crippen LogP contribution is 2.53. The van der Waals surface area contributed by atoms with Crippen molar-refractivity contribution < 1.29 is 4.42 Å². The van der Waals surface area contributed by atoms with Crippen LogP contribution in [0.1, 0.15) is 62.3 Å². The molecule has 1 heterocycles. The van der Waals surface area contributed by atoms with Gasteiger partial charge in [-0.05, 0) is 75.6 Å². The van der Waals surface area contributed by atoms with E-state index in [0.29, 0.717) is 5.92 Å². The second-order valence-corrected chi connectivity index (χ2v) is 16.2. The van der Waals surface area contributed by atoms with E-state index in [-0.39, 0.29) is 17.3 Å². The van der Waals surface area contributed by atoms with Gasteiger partial charge in [-0.2, -0.15) is 0 Å². The summed E-state index contributed by atoms with van der Waals surface area (Å²) in [6.45, 7) is 9.39. The molecule has 1 aromatic heterocycles. The van der Waals surface area contributed by atoms with E-state index in [4.69, 9.17) is 4.42 Å². The van der Waals surface area contributed by atoms with Crippen LogP contribution >= 0.6 is 0 Å². The van der Waals surface area contributed by atoms with E-state index >= 15 is 0 Å². The van der Waals surface area contributed by atoms with Gasteiger partial charge >= 0.3 is 0 Å². The van der Waals surface area contributed by atoms with Gasteiger partial charge < -0.3 is 9.32 Å². The van der Waals surface area contributed by atoms with E-state index in [2.05, 4.69) is 203 Å². The first kappa shape index (κ1) is 33.4. The molecule has 0 radical (unpaired) electrons. The van der Waals surface area contributed by atoms with E-state index in [1.807, 2.05) is 0 Å². The minimum atomic E-state index is -0.0678. The van der Waals surface area contributed by atoms with Crippen molar-refractivity contribution in [2.24, 2.45) is 11.8 Å². The fourth-order valence-electron chi connectivity index (χ4n) is 9.56. The Balaban J connectivity index is 1.04. The Kier molecular flexibility index (Phi) is 7.92. The van der Waals surface area contributed by atoms with Gasteiger partial charge in [-0.1, -0.05) is 173 Å². The molecule has 268 valence electrons. The second kappa shape index (κ2) is 13.0. The third-order valence-electron chi connectivity index (χ3n) is 12.5. The predicted molar refractivity (Wildman–Crippen MR) is 231 cm³/mol. The van der Waals surface area contributed by atoms with Gasteiger partial charge in [0.15, 0.2) is 0 Å². The number of benzene rings is 6. The smallest absolute Gasteiger partial charge is 0.143 e. The zero-order valence-corrected chi connectivity index (χ0v) is 32.0. The van der Waals surface area contributed by atoms with E-state index in [1.54, 1.807) is 0 Å². The van der Waals surface area contributed by atoms with Crippen LogP contribution in [-0.4, -0.2) is 0 Å². The fraction of sp³-hybridized carbons (Fsp3) is 0.170. The maximum Gasteiger partial charge on any atom is 0.143 e. The van der Waals surface area contributed by atoms with Crippen LogP contribution in [-0.2, 0) is 5.41 Å². The van der Waals surface area contributed by atoms with Crippen LogP contribution < -0.4 is 4.90 Å². The van der Waals surface area contributed by atoms with Crippen molar-refractivity contribution in [3.05, 3.63) is 204 Å². The topological polar surface area (TPSA) is 16.4 Å². The predicted octanol–water partition coefficient (Wildman–Crippen LogP) is 14.2. The molecule has 0 saturated heterocycles. The number of anilines is 1. The van der Waals surface area contributed by atoms with Gasteiger partial charge in [-0.15, -0.1) is 0 Å². The highest BCUT2D eigenvalue weighted by Gasteiger charge is 2.38. The van der Waals surface area contributed by atoms with Crippen molar-refractivity contribution in [2.75, 3.05) is 4.90 Å². The maximum atomic E-state index is 7.04. The zero-order valence-electron chi connectivity index (χ0n) is 32.0. The molecule has 55 heavy (non-hydrogen) atoms. The third-order valence-corrected chi connectivity index (χ3v) is 12.5. The van der Waals surface area contributed by atoms with Crippen LogP contribution in [0.2, 0.25) is 0 Å². The largest absolute Gasteiger partial charge is 0.455 e. The molecule has 0 aliphatic heterocycles. The molecular weight excluding hydrogens is 667 g/mol. The first-order chi connectivity index (χ1) is 26.9. The Morgan fingerprint density at radius 1 is 0.618 bits per heavy atom. The Morgan fingerprint density at radius 3 is 2.05 bits per heavy atom. The normalized spacial score (nSPS) is 19.8. The molecule has 7 aromatic rings. The molecule has 3 unspecified atom stereocenters. The molecule has 0 amide bonds. The number of fused-ring (bicyclic) bond motifs is 7. The second-order valence-electron chi connectivity index (χ2n) is 16.2. The summed E-state index contributed by atoms with van der Waals surface area (Å²) in [6, 6.07) is 50.7. The molecule has 0 saturated carbocycles. The molecule has 2 nitrogen and oxygen atoms in total. The molecule has 3 aliphatic rings. The van der Waals surface area contributed by atoms with E-state index in [9.17, 15) is 0 Å². The average Bonchev–Trinajstić information content (AvgIpc) is 3.72. The fourth-order valence-corrected chi connectivity index (χ4v) is 9.56. The molecule has 10 rings (SSSR count). The van der Waals surface area contributed by atoms with Gasteiger partial charge in [-0.3, -0.25) is 0 Å². The third kappa shape index (κ3) is 5.46. The lowest BCUT2D eigenvalue weighted by Gasteiger charge is -2.36. The maximum absolute atomic E-state index is 7.04. The summed E-state index contributed by atoms with van der Waals surface area (Å²) < 4.78 is 7.04. The Labute approximate surface area is 324 Å². The van der Waals surface area contributed by atoms with Crippen LogP contribution in [0.4, 0.5) is 5.69 Å². The molecule has 0 N–H and O–H groups in total. The van der Waals surface area contributed by atoms with Gasteiger partial charge in [0.2, 0.25) is 0 Å². The van der Waals surface area contributed by atoms with E-state index < -0.39 is 0 Å². The Bertz CT molecular complexity index is 2720. The Morgan fingerprint density at radius 2 is 1.31 bits per heavy atom. The lowest BCUT2D eigenvalue weighted by atomic mass is 9.81. The van der Waals surface area contributed by atoms with E-state index in [0.717, 1.165) is 17.6 Å². The highest BCUT2D eigenvalue weighted by molar-refractivity contribution is 6.12. The van der Waals surface area contributed by atoms with Crippen LogP contribution in [0.15, 0.2) is 186 Å². The van der Waals surface area contributed by atoms with Crippen molar-refractivity contribution in [1.82, 2.24) is 0 Å². The lowest BCUT2D eigenvalue weighted by Crippen LogP contribution is -2.28. The lowest BCUT2D eigenvalue weighted by molar-refractivity contribution is 0.604. The average molecular weight is 712 g/mol. The molecule has 6 aromatic carbocycles. The van der Waals surface area contributed by atoms with Crippen molar-refractivity contribution in [1.29, 1.82) is 0 Å². The quantitative estimate of drug-likeness (QED) is 0.171. The van der Waals surface area contributed by atoms with Gasteiger partial charge in [0.05, 0.1) is 0 Å². The number of allylic oxidation sites excluding steroid dienone is 7. The van der Waals surface area contributed by atoms with Crippen LogP contribution in [0.25, 0.3) is 49.8 Å². The number of hydrogen-bond donors (Lipinski definition) is 0. The van der Waals surface area contributed by atoms with Crippen molar-refractivity contribution in [3.63, 3.8) is 0 Å². The summed E-state index contributed by atoms with van der Waals surface area (Å²) in [6.07, 6.45) is 12.9. The Hall–Kier alpha value is -6.12. The summed E-state index contributed by atoms with van der Waals surface area (Å²) in [5.41, 5.74) is 17.3. The summed E-state index contributed by atoms with van der Waals surface area (Å²) in [4.78, 5) is 2.49. The van der Waals surface area contributed by atoms with Gasteiger partial charge in [0.25, 0.3) is 0 Å². The van der Waals surface area contributed by atoms with Crippen molar-refractivity contribution >= 4 is 33.2 Å². The highest BCUT2D eigenvalue weighted by atomic mass is 16.3. The molecule has 3 aliphatic carbocycles. The number of hydrogen-bond acceptors (Lipinski definition) is 2. The SMILES string of the molecule is CC1CC(c2ccccc2)=CC=C1N(C1=CC(C)C(c2cccc3c2oc2c4c(ccc23)C(C)(C)c2ccccc2-4)C=C1)c1ccc(-c2ccccc2)cc1. The zero-order chi connectivity index (χ0) is 37.3. The van der Waals surface area contributed by atoms with E-state index in [1.165, 1.54) is 77.9 Å². The summed E-state index contributed by atoms with van der Waals surface area (Å²) in [5, 5.41) is 2.38. The monoisotopic (exact) mass is 711 g/mol. The van der Waals surface area contributed by atoms with Gasteiger partial charge in [-0.25, -0.2) is 0 Å². The standard InChI is InChI=1S/C53H45NO/c1-34-33-41(54(40-25-22-38(23-26-40)36-14-7-5-8-15-36)49-31-24-39(32-35(49)2)37-16-9-6-10-17-37)27-28-42(34)43-19-13-20-44-45-29-30-48-50(52(45)55-51(43)44)46-18-11-12-21-47(46)53(48,3)4/h5-31,33-35,42H,32H2,1-4H3. The van der Waals surface area contributed by atoms with Gasteiger partial charge in [0.1, 0.15) is 11.2 Å². The van der Waals surface area contributed by atoms with Gasteiger partial charge in [0, 0.05) is 56.2 Å².